The SMILES string of the molecule is COC(=O)N(Cc1cccc(C)c1C)C1=NCCS1. The van der Waals surface area contributed by atoms with Crippen LogP contribution in [0.4, 0.5) is 4.79 Å². The topological polar surface area (TPSA) is 41.9 Å². The fraction of sp³-hybridized carbons (Fsp3) is 0.429. The summed E-state index contributed by atoms with van der Waals surface area (Å²) in [7, 11) is 1.40. The Morgan fingerprint density at radius 2 is 2.26 bits per heavy atom. The molecule has 5 heteroatoms. The van der Waals surface area contributed by atoms with Crippen molar-refractivity contribution in [1.29, 1.82) is 0 Å². The molecule has 1 aromatic rings. The Morgan fingerprint density at radius 3 is 2.89 bits per heavy atom. The van der Waals surface area contributed by atoms with Crippen LogP contribution in [0.5, 0.6) is 0 Å². The lowest BCUT2D eigenvalue weighted by atomic mass is 10.0. The van der Waals surface area contributed by atoms with E-state index in [1.165, 1.54) is 18.2 Å². The van der Waals surface area contributed by atoms with E-state index < -0.39 is 0 Å². The van der Waals surface area contributed by atoms with E-state index in [1.54, 1.807) is 16.7 Å². The van der Waals surface area contributed by atoms with Gasteiger partial charge in [-0.05, 0) is 30.5 Å². The number of benzene rings is 1. The van der Waals surface area contributed by atoms with Crippen molar-refractivity contribution in [2.24, 2.45) is 4.99 Å². The zero-order valence-corrected chi connectivity index (χ0v) is 12.3. The van der Waals surface area contributed by atoms with Gasteiger partial charge >= 0.3 is 6.09 Å². The van der Waals surface area contributed by atoms with Crippen molar-refractivity contribution in [1.82, 2.24) is 4.90 Å². The van der Waals surface area contributed by atoms with Gasteiger partial charge in [-0.1, -0.05) is 30.0 Å². The van der Waals surface area contributed by atoms with Gasteiger partial charge in [0.05, 0.1) is 20.2 Å². The Bertz CT molecular complexity index is 514. The van der Waals surface area contributed by atoms with E-state index in [-0.39, 0.29) is 6.09 Å². The van der Waals surface area contributed by atoms with Crippen molar-refractivity contribution >= 4 is 23.0 Å². The maximum atomic E-state index is 11.9. The van der Waals surface area contributed by atoms with Crippen LogP contribution in [0, 0.1) is 13.8 Å². The maximum absolute atomic E-state index is 11.9. The van der Waals surface area contributed by atoms with Crippen LogP contribution in [-0.2, 0) is 11.3 Å². The standard InChI is InChI=1S/C14H18N2O2S/c1-10-5-4-6-12(11(10)2)9-16(14(17)18-3)13-15-7-8-19-13/h4-6H,7-9H2,1-3H3. The predicted molar refractivity (Wildman–Crippen MR) is 78.6 cm³/mol. The minimum absolute atomic E-state index is 0.353. The van der Waals surface area contributed by atoms with Crippen LogP contribution in [0.1, 0.15) is 16.7 Å². The Labute approximate surface area is 117 Å². The number of amidine groups is 1. The summed E-state index contributed by atoms with van der Waals surface area (Å²) in [6, 6.07) is 6.12. The molecular weight excluding hydrogens is 260 g/mol. The highest BCUT2D eigenvalue weighted by atomic mass is 32.2. The molecule has 0 radical (unpaired) electrons. The minimum Gasteiger partial charge on any atom is -0.452 e. The second-order valence-corrected chi connectivity index (χ2v) is 5.49. The zero-order valence-electron chi connectivity index (χ0n) is 11.5. The number of rotatable bonds is 2. The second kappa shape index (κ2) is 6.10. The van der Waals surface area contributed by atoms with Gasteiger partial charge in [-0.15, -0.1) is 0 Å². The van der Waals surface area contributed by atoms with Gasteiger partial charge < -0.3 is 4.74 Å². The van der Waals surface area contributed by atoms with Crippen LogP contribution in [0.2, 0.25) is 0 Å². The molecule has 1 heterocycles. The number of ether oxygens (including phenoxy) is 1. The van der Waals surface area contributed by atoms with Crippen molar-refractivity contribution in [3.05, 3.63) is 34.9 Å². The van der Waals surface area contributed by atoms with Gasteiger partial charge in [0.1, 0.15) is 0 Å². The van der Waals surface area contributed by atoms with Crippen LogP contribution in [0.3, 0.4) is 0 Å². The van der Waals surface area contributed by atoms with E-state index >= 15 is 0 Å². The van der Waals surface area contributed by atoms with Crippen molar-refractivity contribution in [3.63, 3.8) is 0 Å². The van der Waals surface area contributed by atoms with E-state index in [9.17, 15) is 4.79 Å². The molecule has 1 aromatic carbocycles. The maximum Gasteiger partial charge on any atom is 0.415 e. The third-order valence-corrected chi connectivity index (χ3v) is 4.24. The summed E-state index contributed by atoms with van der Waals surface area (Å²) in [5, 5.41) is 0.757. The molecule has 0 aliphatic carbocycles. The molecule has 19 heavy (non-hydrogen) atoms. The smallest absolute Gasteiger partial charge is 0.415 e. The highest BCUT2D eigenvalue weighted by molar-refractivity contribution is 8.14. The molecule has 2 rings (SSSR count). The molecule has 1 aliphatic heterocycles. The molecular formula is C14H18N2O2S. The first-order chi connectivity index (χ1) is 9.13. The molecule has 0 N–H and O–H groups in total. The molecule has 1 amide bonds. The third-order valence-electron chi connectivity index (χ3n) is 3.24. The van der Waals surface area contributed by atoms with Gasteiger partial charge in [-0.3, -0.25) is 9.89 Å². The average Bonchev–Trinajstić information content (AvgIpc) is 2.93. The van der Waals surface area contributed by atoms with Gasteiger partial charge in [-0.2, -0.15) is 0 Å². The molecule has 0 aromatic heterocycles. The summed E-state index contributed by atoms with van der Waals surface area (Å²) >= 11 is 1.60. The monoisotopic (exact) mass is 278 g/mol. The summed E-state index contributed by atoms with van der Waals surface area (Å²) in [6.45, 7) is 5.42. The number of hydrogen-bond donors (Lipinski definition) is 0. The number of aryl methyl sites for hydroxylation is 1. The molecule has 0 unspecified atom stereocenters. The first kappa shape index (κ1) is 13.9. The van der Waals surface area contributed by atoms with E-state index in [4.69, 9.17) is 4.74 Å². The van der Waals surface area contributed by atoms with E-state index in [0.717, 1.165) is 23.0 Å². The van der Waals surface area contributed by atoms with E-state index in [1.807, 2.05) is 12.1 Å². The molecule has 1 aliphatic rings. The number of nitrogens with zero attached hydrogens (tertiary/aromatic N) is 2. The number of aliphatic imine (C=N–C) groups is 1. The Kier molecular flexibility index (Phi) is 4.47. The number of amides is 1. The summed E-state index contributed by atoms with van der Waals surface area (Å²) < 4.78 is 4.86. The Balaban J connectivity index is 2.25. The van der Waals surface area contributed by atoms with Gasteiger partial charge in [0.25, 0.3) is 0 Å². The third kappa shape index (κ3) is 3.10. The summed E-state index contributed by atoms with van der Waals surface area (Å²) in [5.41, 5.74) is 3.56. The lowest BCUT2D eigenvalue weighted by Gasteiger charge is -2.21. The Morgan fingerprint density at radius 1 is 1.47 bits per heavy atom. The molecule has 4 nitrogen and oxygen atoms in total. The number of carbonyl (C=O) groups is 1. The van der Waals surface area contributed by atoms with Crippen LogP contribution < -0.4 is 0 Å². The lowest BCUT2D eigenvalue weighted by molar-refractivity contribution is 0.145. The first-order valence-electron chi connectivity index (χ1n) is 6.21. The predicted octanol–water partition coefficient (Wildman–Crippen LogP) is 2.97. The second-order valence-electron chi connectivity index (χ2n) is 4.43. The van der Waals surface area contributed by atoms with Crippen LogP contribution in [-0.4, -0.2) is 35.6 Å². The summed E-state index contributed by atoms with van der Waals surface area (Å²) in [5.74, 6) is 0.926. The van der Waals surface area contributed by atoms with Crippen LogP contribution in [0.25, 0.3) is 0 Å². The van der Waals surface area contributed by atoms with Crippen molar-refractivity contribution in [3.8, 4) is 0 Å². The quantitative estimate of drug-likeness (QED) is 0.835. The summed E-state index contributed by atoms with van der Waals surface area (Å²) in [4.78, 5) is 17.9. The van der Waals surface area contributed by atoms with Gasteiger partial charge in [-0.25, -0.2) is 4.79 Å². The van der Waals surface area contributed by atoms with Crippen LogP contribution >= 0.6 is 11.8 Å². The fourth-order valence-corrected chi connectivity index (χ4v) is 2.80. The van der Waals surface area contributed by atoms with Gasteiger partial charge in [0.15, 0.2) is 5.17 Å². The summed E-state index contributed by atoms with van der Waals surface area (Å²) in [6.07, 6.45) is -0.353. The van der Waals surface area contributed by atoms with E-state index in [2.05, 4.69) is 24.9 Å². The molecule has 0 bridgehead atoms. The molecule has 0 atom stereocenters. The number of methoxy groups -OCH3 is 1. The first-order valence-corrected chi connectivity index (χ1v) is 7.20. The van der Waals surface area contributed by atoms with Gasteiger partial charge in [0.2, 0.25) is 0 Å². The molecule has 0 saturated heterocycles. The van der Waals surface area contributed by atoms with Gasteiger partial charge in [0, 0.05) is 5.75 Å². The largest absolute Gasteiger partial charge is 0.452 e. The highest BCUT2D eigenvalue weighted by Gasteiger charge is 2.24. The minimum atomic E-state index is -0.353. The normalized spacial score (nSPS) is 14.2. The number of thioether (sulfide) groups is 1. The number of hydrogen-bond acceptors (Lipinski definition) is 4. The lowest BCUT2D eigenvalue weighted by Crippen LogP contribution is -2.34. The Hall–Kier alpha value is -1.49. The number of carbonyl (C=O) groups excluding carboxylic acids is 1. The average molecular weight is 278 g/mol. The molecule has 102 valence electrons. The molecule has 0 fully saturated rings. The zero-order chi connectivity index (χ0) is 13.8. The van der Waals surface area contributed by atoms with Crippen molar-refractivity contribution in [2.75, 3.05) is 19.4 Å². The fourth-order valence-electron chi connectivity index (χ4n) is 1.96. The highest BCUT2D eigenvalue weighted by Crippen LogP contribution is 2.21. The van der Waals surface area contributed by atoms with Crippen LogP contribution in [0.15, 0.2) is 23.2 Å². The molecule has 0 saturated carbocycles. The molecule has 0 spiro atoms. The van der Waals surface area contributed by atoms with E-state index in [0.29, 0.717) is 6.54 Å². The van der Waals surface area contributed by atoms with Crippen molar-refractivity contribution < 1.29 is 9.53 Å². The van der Waals surface area contributed by atoms with Crippen molar-refractivity contribution in [2.45, 2.75) is 20.4 Å².